The van der Waals surface area contributed by atoms with Crippen molar-refractivity contribution in [3.05, 3.63) is 0 Å². The summed E-state index contributed by atoms with van der Waals surface area (Å²) in [7, 11) is 4.73. The zero-order valence-corrected chi connectivity index (χ0v) is 6.53. The third-order valence-electron chi connectivity index (χ3n) is 1.14. The molecule has 0 aromatic carbocycles. The molecule has 0 saturated heterocycles. The van der Waals surface area contributed by atoms with Gasteiger partial charge in [0.1, 0.15) is 0 Å². The standard InChI is InChI=1S/C6H13NO3/c1-7(5-8)4-6(9-2)10-3/h5-6H,4H2,1-3H3. The summed E-state index contributed by atoms with van der Waals surface area (Å²) in [6.45, 7) is 0.455. The van der Waals surface area contributed by atoms with Crippen LogP contribution in [-0.2, 0) is 14.3 Å². The van der Waals surface area contributed by atoms with Crippen LogP contribution in [0.5, 0.6) is 0 Å². The minimum Gasteiger partial charge on any atom is -0.354 e. The summed E-state index contributed by atoms with van der Waals surface area (Å²) >= 11 is 0. The van der Waals surface area contributed by atoms with Crippen molar-refractivity contribution < 1.29 is 14.3 Å². The average Bonchev–Trinajstić information content (AvgIpc) is 1.99. The summed E-state index contributed by atoms with van der Waals surface area (Å²) in [4.78, 5) is 11.5. The number of nitrogens with zero attached hydrogens (tertiary/aromatic N) is 1. The molecule has 0 spiro atoms. The number of amides is 1. The van der Waals surface area contributed by atoms with E-state index in [4.69, 9.17) is 9.47 Å². The molecule has 0 aromatic heterocycles. The van der Waals surface area contributed by atoms with E-state index in [1.54, 1.807) is 7.05 Å². The smallest absolute Gasteiger partial charge is 0.209 e. The first kappa shape index (κ1) is 9.39. The van der Waals surface area contributed by atoms with Crippen LogP contribution in [0.25, 0.3) is 0 Å². The van der Waals surface area contributed by atoms with Crippen LogP contribution in [0, 0.1) is 0 Å². The fourth-order valence-corrected chi connectivity index (χ4v) is 0.523. The molecule has 0 unspecified atom stereocenters. The van der Waals surface area contributed by atoms with Gasteiger partial charge in [-0.15, -0.1) is 0 Å². The number of likely N-dealkylation sites (N-methyl/N-ethyl adjacent to an activating group) is 1. The summed E-state index contributed by atoms with van der Waals surface area (Å²) in [5, 5.41) is 0. The van der Waals surface area contributed by atoms with Crippen LogP contribution in [0.15, 0.2) is 0 Å². The van der Waals surface area contributed by atoms with Gasteiger partial charge < -0.3 is 14.4 Å². The fourth-order valence-electron chi connectivity index (χ4n) is 0.523. The van der Waals surface area contributed by atoms with Crippen LogP contribution in [0.2, 0.25) is 0 Å². The second-order valence-electron chi connectivity index (χ2n) is 1.95. The Hall–Kier alpha value is -0.610. The Bertz CT molecular complexity index is 93.0. The first-order valence-electron chi connectivity index (χ1n) is 2.95. The van der Waals surface area contributed by atoms with E-state index >= 15 is 0 Å². The van der Waals surface area contributed by atoms with Crippen LogP contribution in [-0.4, -0.2) is 45.4 Å². The largest absolute Gasteiger partial charge is 0.354 e. The second kappa shape index (κ2) is 5.20. The Labute approximate surface area is 60.7 Å². The third-order valence-corrected chi connectivity index (χ3v) is 1.14. The van der Waals surface area contributed by atoms with Crippen LogP contribution < -0.4 is 0 Å². The molecule has 0 N–H and O–H groups in total. The Morgan fingerprint density at radius 1 is 1.50 bits per heavy atom. The molecular formula is C6H13NO3. The topological polar surface area (TPSA) is 38.8 Å². The van der Waals surface area contributed by atoms with Gasteiger partial charge in [0.25, 0.3) is 0 Å². The monoisotopic (exact) mass is 147 g/mol. The number of rotatable bonds is 5. The lowest BCUT2D eigenvalue weighted by atomic mass is 10.6. The van der Waals surface area contributed by atoms with Crippen LogP contribution in [0.1, 0.15) is 0 Å². The molecule has 1 amide bonds. The lowest BCUT2D eigenvalue weighted by Crippen LogP contribution is -2.30. The van der Waals surface area contributed by atoms with Gasteiger partial charge in [0.2, 0.25) is 6.41 Å². The van der Waals surface area contributed by atoms with Crippen LogP contribution >= 0.6 is 0 Å². The minimum atomic E-state index is -0.324. The lowest BCUT2D eigenvalue weighted by molar-refractivity contribution is -0.132. The Morgan fingerprint density at radius 2 is 2.00 bits per heavy atom. The third kappa shape index (κ3) is 3.42. The number of hydrogen-bond acceptors (Lipinski definition) is 3. The normalized spacial score (nSPS) is 10.0. The van der Waals surface area contributed by atoms with Crippen molar-refractivity contribution >= 4 is 6.41 Å². The predicted octanol–water partition coefficient (Wildman–Crippen LogP) is -0.306. The van der Waals surface area contributed by atoms with Crippen molar-refractivity contribution in [2.75, 3.05) is 27.8 Å². The number of hydrogen-bond donors (Lipinski definition) is 0. The minimum absolute atomic E-state index is 0.324. The molecular weight excluding hydrogens is 134 g/mol. The second-order valence-corrected chi connectivity index (χ2v) is 1.95. The maximum atomic E-state index is 10.1. The maximum Gasteiger partial charge on any atom is 0.209 e. The molecule has 0 radical (unpaired) electrons. The number of methoxy groups -OCH3 is 2. The van der Waals surface area contributed by atoms with Crippen LogP contribution in [0.4, 0.5) is 0 Å². The molecule has 0 rings (SSSR count). The van der Waals surface area contributed by atoms with Gasteiger partial charge >= 0.3 is 0 Å². The van der Waals surface area contributed by atoms with E-state index in [2.05, 4.69) is 0 Å². The van der Waals surface area contributed by atoms with E-state index in [-0.39, 0.29) is 6.29 Å². The van der Waals surface area contributed by atoms with Gasteiger partial charge in [0, 0.05) is 21.3 Å². The van der Waals surface area contributed by atoms with Crippen molar-refractivity contribution in [3.63, 3.8) is 0 Å². The Kier molecular flexibility index (Phi) is 4.88. The molecule has 0 aliphatic heterocycles. The van der Waals surface area contributed by atoms with E-state index in [1.807, 2.05) is 0 Å². The molecule has 0 atom stereocenters. The van der Waals surface area contributed by atoms with Crippen molar-refractivity contribution in [3.8, 4) is 0 Å². The summed E-state index contributed by atoms with van der Waals surface area (Å²) < 4.78 is 9.70. The molecule has 0 fully saturated rings. The highest BCUT2D eigenvalue weighted by Crippen LogP contribution is 1.91. The summed E-state index contributed by atoms with van der Waals surface area (Å²) in [6, 6.07) is 0. The van der Waals surface area contributed by atoms with Gasteiger partial charge in [0.15, 0.2) is 6.29 Å². The molecule has 60 valence electrons. The Balaban J connectivity index is 3.51. The molecule has 0 aliphatic rings. The summed E-state index contributed by atoms with van der Waals surface area (Å²) in [6.07, 6.45) is 0.403. The zero-order valence-electron chi connectivity index (χ0n) is 6.53. The van der Waals surface area contributed by atoms with E-state index in [1.165, 1.54) is 19.1 Å². The highest BCUT2D eigenvalue weighted by molar-refractivity contribution is 5.46. The van der Waals surface area contributed by atoms with Gasteiger partial charge in [-0.3, -0.25) is 4.79 Å². The van der Waals surface area contributed by atoms with E-state index < -0.39 is 0 Å². The maximum absolute atomic E-state index is 10.1. The van der Waals surface area contributed by atoms with E-state index in [0.717, 1.165) is 6.41 Å². The van der Waals surface area contributed by atoms with Crippen molar-refractivity contribution in [1.29, 1.82) is 0 Å². The molecule has 0 heterocycles. The van der Waals surface area contributed by atoms with Crippen molar-refractivity contribution in [1.82, 2.24) is 4.90 Å². The SMILES string of the molecule is COC(CN(C)C=O)OC. The van der Waals surface area contributed by atoms with E-state index in [0.29, 0.717) is 6.54 Å². The first-order valence-corrected chi connectivity index (χ1v) is 2.95. The molecule has 0 aromatic rings. The molecule has 0 aliphatic carbocycles. The highest BCUT2D eigenvalue weighted by atomic mass is 16.7. The van der Waals surface area contributed by atoms with Crippen molar-refractivity contribution in [2.45, 2.75) is 6.29 Å². The number of ether oxygens (including phenoxy) is 2. The van der Waals surface area contributed by atoms with Gasteiger partial charge in [-0.25, -0.2) is 0 Å². The highest BCUT2D eigenvalue weighted by Gasteiger charge is 2.06. The quantitative estimate of drug-likeness (QED) is 0.395. The fraction of sp³-hybridized carbons (Fsp3) is 0.833. The lowest BCUT2D eigenvalue weighted by Gasteiger charge is -2.17. The van der Waals surface area contributed by atoms with Gasteiger partial charge in [-0.2, -0.15) is 0 Å². The van der Waals surface area contributed by atoms with E-state index in [9.17, 15) is 4.79 Å². The summed E-state index contributed by atoms with van der Waals surface area (Å²) in [5.41, 5.74) is 0. The number of carbonyl (C=O) groups excluding carboxylic acids is 1. The molecule has 4 nitrogen and oxygen atoms in total. The van der Waals surface area contributed by atoms with Crippen LogP contribution in [0.3, 0.4) is 0 Å². The zero-order chi connectivity index (χ0) is 7.98. The molecule has 0 bridgehead atoms. The predicted molar refractivity (Wildman–Crippen MR) is 36.5 cm³/mol. The average molecular weight is 147 g/mol. The summed E-state index contributed by atoms with van der Waals surface area (Å²) in [5.74, 6) is 0. The van der Waals surface area contributed by atoms with Gasteiger partial charge in [-0.05, 0) is 0 Å². The molecule has 10 heavy (non-hydrogen) atoms. The Morgan fingerprint density at radius 3 is 2.30 bits per heavy atom. The first-order chi connectivity index (χ1) is 4.74. The molecule has 4 heteroatoms. The number of carbonyl (C=O) groups is 1. The molecule has 0 saturated carbocycles. The van der Waals surface area contributed by atoms with Crippen molar-refractivity contribution in [2.24, 2.45) is 0 Å². The van der Waals surface area contributed by atoms with Gasteiger partial charge in [0.05, 0.1) is 6.54 Å². The van der Waals surface area contributed by atoms with Gasteiger partial charge in [-0.1, -0.05) is 0 Å².